The molecule has 0 spiro atoms. The Hall–Kier alpha value is -5.13. The second-order valence-corrected chi connectivity index (χ2v) is 22.0. The predicted molar refractivity (Wildman–Crippen MR) is 309 cm³/mol. The second kappa shape index (κ2) is 28.6. The predicted octanol–water partition coefficient (Wildman–Crippen LogP) is 8.64. The molecule has 2 radical (unpaired) electrons. The zero-order valence-corrected chi connectivity index (χ0v) is 54.2. The molecule has 1 saturated heterocycles. The number of fused-ring (bicyclic) bond motifs is 8. The second-order valence-electron chi connectivity index (χ2n) is 20.9. The van der Waals surface area contributed by atoms with Crippen LogP contribution in [0.5, 0.6) is 17.2 Å². The summed E-state index contributed by atoms with van der Waals surface area (Å²) in [5.41, 5.74) is 9.76. The van der Waals surface area contributed by atoms with Gasteiger partial charge in [-0.15, -0.1) is 0 Å². The molecule has 0 saturated carbocycles. The summed E-state index contributed by atoms with van der Waals surface area (Å²) >= 11 is 1.38. The van der Waals surface area contributed by atoms with Gasteiger partial charge in [-0.1, -0.05) is 49.4 Å². The molecular formula is C63H70N6O10SY2. The molecule has 3 atom stereocenters. The summed E-state index contributed by atoms with van der Waals surface area (Å²) in [6, 6.07) is 29.1. The monoisotopic (exact) mass is 1280 g/mol. The molecule has 82 heavy (non-hydrogen) atoms. The van der Waals surface area contributed by atoms with Gasteiger partial charge < -0.3 is 47.5 Å². The standard InChI is InChI=1S/C63H70N6O10S.2Y/c1-7-23-76-25-26-77-24-22-66(20-12-16-49(70)17-13-21-67-60(71)36-59(80-6)63(67)74)46-29-42(39-78-56-34-54-50(27-41(56)2)61(72)68-47(37-64(54)3)31-44-14-8-10-18-52(44)68)28-43(30-46)40-79-58-35-55-51(33-57(58)75-5)62(73)69-48(38-65(55)4)32-45-15-9-11-19-53(45)69;;/h8-11,14-15,18-19,27-30,33-35,47-48,59H,7,12-13,16-17,20-26,31-32,36,39-40H2,1-6H3;;/t47-,48-,59?;;/m0../s1. The fraction of sp³-hybridized carbons (Fsp3) is 0.413. The molecule has 1 fully saturated rings. The molecule has 0 bridgehead atoms. The summed E-state index contributed by atoms with van der Waals surface area (Å²) in [6.07, 6.45) is 12.9. The molecule has 10 rings (SSSR count). The number of aryl methyl sites for hydroxylation is 1. The number of hydrogen-bond donors (Lipinski definition) is 0. The number of likely N-dealkylation sites (tertiary alicyclic amines) is 1. The molecule has 5 aliphatic heterocycles. The molecule has 4 amide bonds. The fourth-order valence-corrected chi connectivity index (χ4v) is 12.0. The maximum atomic E-state index is 14.4. The van der Waals surface area contributed by atoms with Gasteiger partial charge in [0.25, 0.3) is 0 Å². The first-order chi connectivity index (χ1) is 38.8. The Bertz CT molecular complexity index is 3280. The molecular weight excluding hydrogens is 1210 g/mol. The number of ether oxygens (including phenoxy) is 5. The maximum absolute atomic E-state index is 14.4. The number of carbonyl (C=O) groups excluding carboxylic acids is 5. The average molecular weight is 1280 g/mol. The topological polar surface area (TPSA) is 150 Å². The number of para-hydroxylation sites is 2. The van der Waals surface area contributed by atoms with Crippen LogP contribution in [0, 0.1) is 6.92 Å². The van der Waals surface area contributed by atoms with E-state index in [1.165, 1.54) is 16.7 Å². The van der Waals surface area contributed by atoms with E-state index in [1.807, 2.05) is 107 Å². The van der Waals surface area contributed by atoms with Crippen molar-refractivity contribution in [3.63, 3.8) is 0 Å². The van der Waals surface area contributed by atoms with Gasteiger partial charge in [0.2, 0.25) is 23.6 Å². The third-order valence-corrected chi connectivity index (χ3v) is 16.4. The van der Waals surface area contributed by atoms with Crippen molar-refractivity contribution in [3.05, 3.63) is 130 Å². The number of rotatable bonds is 25. The van der Waals surface area contributed by atoms with Gasteiger partial charge in [0, 0.05) is 164 Å². The number of amides is 4. The number of anilines is 3. The minimum atomic E-state index is -0.350. The van der Waals surface area contributed by atoms with Gasteiger partial charge in [0.1, 0.15) is 44.6 Å². The summed E-state index contributed by atoms with van der Waals surface area (Å²) in [5, 5.41) is -0.350. The van der Waals surface area contributed by atoms with Crippen molar-refractivity contribution in [3.8, 4) is 17.2 Å². The number of Topliss-reactive ketones (excluding diaryl/α,β-unsaturated/α-hetero) is 1. The molecule has 5 aromatic carbocycles. The van der Waals surface area contributed by atoms with Crippen molar-refractivity contribution >= 4 is 82.0 Å². The molecule has 16 nitrogen and oxygen atoms in total. The number of benzene rings is 5. The smallest absolute Gasteiger partial charge is 0.246 e. The molecule has 0 aromatic heterocycles. The van der Waals surface area contributed by atoms with Gasteiger partial charge in [0.15, 0.2) is 5.75 Å². The summed E-state index contributed by atoms with van der Waals surface area (Å²) in [5.74, 6) is 0.979. The Kier molecular flexibility index (Phi) is 22.0. The minimum Gasteiger partial charge on any atom is -0.493 e. The van der Waals surface area contributed by atoms with Gasteiger partial charge in [-0.3, -0.25) is 28.9 Å². The van der Waals surface area contributed by atoms with E-state index in [0.717, 1.165) is 51.3 Å². The van der Waals surface area contributed by atoms with E-state index < -0.39 is 0 Å². The van der Waals surface area contributed by atoms with E-state index in [9.17, 15) is 24.0 Å². The largest absolute Gasteiger partial charge is 0.493 e. The van der Waals surface area contributed by atoms with E-state index in [4.69, 9.17) is 23.7 Å². The van der Waals surface area contributed by atoms with Gasteiger partial charge in [-0.25, -0.2) is 0 Å². The number of methoxy groups -OCH3 is 1. The fourth-order valence-electron chi connectivity index (χ4n) is 11.4. The van der Waals surface area contributed by atoms with Gasteiger partial charge >= 0.3 is 0 Å². The van der Waals surface area contributed by atoms with Crippen LogP contribution in [0.4, 0.5) is 28.4 Å². The number of thioether (sulfide) groups is 1. The van der Waals surface area contributed by atoms with Gasteiger partial charge in [-0.05, 0) is 122 Å². The van der Waals surface area contributed by atoms with Gasteiger partial charge in [0.05, 0.1) is 43.6 Å². The van der Waals surface area contributed by atoms with Gasteiger partial charge in [-0.2, -0.15) is 11.8 Å². The summed E-state index contributed by atoms with van der Waals surface area (Å²) < 4.78 is 34.9. The Morgan fingerprint density at radius 1 is 0.683 bits per heavy atom. The Morgan fingerprint density at radius 3 is 1.83 bits per heavy atom. The SMILES string of the molecule is CCCOCCOCCN(CCCC(=O)CCCN1C(=O)CC(SC)C1=O)c1cc(COc2cc3c(cc2C)C(=O)N2c4ccccc4C[C@H]2[C-]=[N+]3C)cc(COc2cc3c(cc2OC)C(=O)N2c4ccccc4C[C@H]2[C-]=[N+]3C)c1.[Y].[Y]. The molecule has 5 aliphatic rings. The van der Waals surface area contributed by atoms with Crippen LogP contribution in [-0.2, 0) is 115 Å². The van der Waals surface area contributed by atoms with Crippen molar-refractivity contribution in [2.75, 3.05) is 88.2 Å². The number of hydrogen-bond acceptors (Lipinski definition) is 12. The summed E-state index contributed by atoms with van der Waals surface area (Å²) in [7, 11) is 5.38. The third-order valence-electron chi connectivity index (χ3n) is 15.5. The third kappa shape index (κ3) is 13.8. The Labute approximate surface area is 535 Å². The van der Waals surface area contributed by atoms with Crippen molar-refractivity contribution in [2.45, 2.75) is 95.8 Å². The molecule has 0 N–H and O–H groups in total. The number of nitrogens with zero attached hydrogens (tertiary/aromatic N) is 6. The molecule has 19 heteroatoms. The number of imide groups is 1. The van der Waals surface area contributed by atoms with Crippen LogP contribution in [0.3, 0.4) is 0 Å². The Morgan fingerprint density at radius 2 is 1.24 bits per heavy atom. The number of carbonyl (C=O) groups is 5. The minimum absolute atomic E-state index is 0. The summed E-state index contributed by atoms with van der Waals surface area (Å²) in [4.78, 5) is 74.5. The first-order valence-electron chi connectivity index (χ1n) is 27.7. The average Bonchev–Trinajstić information content (AvgIpc) is 4.28. The van der Waals surface area contributed by atoms with E-state index in [-0.39, 0.29) is 145 Å². The van der Waals surface area contributed by atoms with Crippen molar-refractivity contribution in [1.29, 1.82) is 0 Å². The first-order valence-corrected chi connectivity index (χ1v) is 29.0. The van der Waals surface area contributed by atoms with E-state index in [0.29, 0.717) is 111 Å². The molecule has 5 heterocycles. The van der Waals surface area contributed by atoms with Crippen LogP contribution >= 0.6 is 11.8 Å². The van der Waals surface area contributed by atoms with Crippen LogP contribution in [0.1, 0.15) is 94.0 Å². The van der Waals surface area contributed by atoms with E-state index in [1.54, 1.807) is 13.2 Å². The normalized spacial score (nSPS) is 17.5. The molecule has 424 valence electrons. The number of ketones is 1. The molecule has 1 unspecified atom stereocenters. The zero-order valence-electron chi connectivity index (χ0n) is 47.7. The van der Waals surface area contributed by atoms with E-state index >= 15 is 0 Å². The van der Waals surface area contributed by atoms with Crippen LogP contribution in [0.15, 0.2) is 91.0 Å². The van der Waals surface area contributed by atoms with Crippen LogP contribution in [-0.4, -0.2) is 147 Å². The van der Waals surface area contributed by atoms with Crippen molar-refractivity contribution in [2.24, 2.45) is 0 Å². The van der Waals surface area contributed by atoms with Crippen LogP contribution in [0.25, 0.3) is 0 Å². The molecule has 5 aromatic rings. The van der Waals surface area contributed by atoms with E-state index in [2.05, 4.69) is 48.5 Å². The Balaban J connectivity index is 0.00000440. The first kappa shape index (κ1) is 62.9. The maximum Gasteiger partial charge on any atom is 0.246 e. The van der Waals surface area contributed by atoms with Crippen molar-refractivity contribution < 1.29 is 122 Å². The van der Waals surface area contributed by atoms with Crippen LogP contribution in [0.2, 0.25) is 0 Å². The quantitative estimate of drug-likeness (QED) is 0.0238. The summed E-state index contributed by atoms with van der Waals surface area (Å²) in [6.45, 7) is 7.58. The zero-order chi connectivity index (χ0) is 56.0. The molecule has 0 aliphatic carbocycles. The van der Waals surface area contributed by atoms with Crippen molar-refractivity contribution in [1.82, 2.24) is 4.90 Å². The van der Waals surface area contributed by atoms with Crippen LogP contribution < -0.4 is 28.9 Å².